The molecule has 6 heteroatoms. The SMILES string of the molecule is CC/C=C\C/C=C\C/C=C\C/C=C\C/C=C\CCCCCC(=O)OCC(COC(=O)CCCCCCCCCCC)OC(=O)CCCCCCC/C=C\C/C=C\CCCCCC. The van der Waals surface area contributed by atoms with Crippen molar-refractivity contribution in [2.75, 3.05) is 13.2 Å². The fraction of sp³-hybridized carbons (Fsp3) is 0.696. The van der Waals surface area contributed by atoms with Crippen molar-refractivity contribution in [1.29, 1.82) is 0 Å². The van der Waals surface area contributed by atoms with E-state index in [2.05, 4.69) is 106 Å². The van der Waals surface area contributed by atoms with Gasteiger partial charge in [-0.2, -0.15) is 0 Å². The Morgan fingerprint density at radius 3 is 1.02 bits per heavy atom. The minimum Gasteiger partial charge on any atom is -0.462 e. The van der Waals surface area contributed by atoms with Crippen LogP contribution in [0.1, 0.15) is 233 Å². The molecule has 1 unspecified atom stereocenters. The van der Waals surface area contributed by atoms with Gasteiger partial charge in [-0.1, -0.05) is 202 Å². The van der Waals surface area contributed by atoms with Gasteiger partial charge in [0.15, 0.2) is 6.10 Å². The molecule has 354 valence electrons. The van der Waals surface area contributed by atoms with Crippen LogP contribution in [-0.4, -0.2) is 37.2 Å². The van der Waals surface area contributed by atoms with Gasteiger partial charge < -0.3 is 14.2 Å². The van der Waals surface area contributed by atoms with Gasteiger partial charge in [-0.3, -0.25) is 14.4 Å². The van der Waals surface area contributed by atoms with Crippen LogP contribution in [0.4, 0.5) is 0 Å². The molecule has 0 spiro atoms. The van der Waals surface area contributed by atoms with E-state index < -0.39 is 6.10 Å². The third-order valence-electron chi connectivity index (χ3n) is 10.6. The topological polar surface area (TPSA) is 78.9 Å². The van der Waals surface area contributed by atoms with Gasteiger partial charge in [-0.15, -0.1) is 0 Å². The van der Waals surface area contributed by atoms with Crippen LogP contribution in [0.15, 0.2) is 85.1 Å². The molecular formula is C56H94O6. The summed E-state index contributed by atoms with van der Waals surface area (Å²) in [5, 5.41) is 0. The van der Waals surface area contributed by atoms with Crippen LogP contribution in [0.25, 0.3) is 0 Å². The molecule has 1 atom stereocenters. The van der Waals surface area contributed by atoms with E-state index >= 15 is 0 Å². The molecule has 0 rings (SSSR count). The molecule has 0 amide bonds. The van der Waals surface area contributed by atoms with Gasteiger partial charge in [0.1, 0.15) is 13.2 Å². The standard InChI is InChI=1S/C56H94O6/c1-4-7-10-13-16-19-21-23-25-27-28-29-31-32-34-37-40-43-46-49-55(58)61-52-53(51-60-54(57)48-45-42-39-36-18-15-12-9-6-3)62-56(59)50-47-44-41-38-35-33-30-26-24-22-20-17-14-11-8-5-2/h7,10,16,19-20,22-23,25-26,28-30,32,34,53H,4-6,8-9,11-15,17-18,21,24,27,31,33,35-52H2,1-3H3/b10-7-,19-16-,22-20-,25-23-,29-28-,30-26-,34-32-. The average molecular weight is 863 g/mol. The van der Waals surface area contributed by atoms with Gasteiger partial charge in [-0.25, -0.2) is 0 Å². The molecule has 0 bridgehead atoms. The normalized spacial score (nSPS) is 12.8. The zero-order chi connectivity index (χ0) is 45.1. The van der Waals surface area contributed by atoms with Crippen molar-refractivity contribution in [3.63, 3.8) is 0 Å². The first-order chi connectivity index (χ1) is 30.5. The van der Waals surface area contributed by atoms with E-state index in [0.717, 1.165) is 122 Å². The number of hydrogen-bond acceptors (Lipinski definition) is 6. The minimum atomic E-state index is -0.795. The molecule has 0 saturated carbocycles. The smallest absolute Gasteiger partial charge is 0.306 e. The molecule has 0 aliphatic rings. The van der Waals surface area contributed by atoms with Crippen molar-refractivity contribution in [2.45, 2.75) is 239 Å². The van der Waals surface area contributed by atoms with Gasteiger partial charge in [0.2, 0.25) is 0 Å². The molecule has 0 fully saturated rings. The maximum Gasteiger partial charge on any atom is 0.306 e. The Kier molecular flexibility index (Phi) is 47.5. The summed E-state index contributed by atoms with van der Waals surface area (Å²) in [5.41, 5.74) is 0. The monoisotopic (exact) mass is 863 g/mol. The van der Waals surface area contributed by atoms with Crippen LogP contribution in [0, 0.1) is 0 Å². The lowest BCUT2D eigenvalue weighted by atomic mass is 10.1. The van der Waals surface area contributed by atoms with Crippen molar-refractivity contribution in [2.24, 2.45) is 0 Å². The molecule has 0 saturated heterocycles. The van der Waals surface area contributed by atoms with E-state index in [4.69, 9.17) is 14.2 Å². The third-order valence-corrected chi connectivity index (χ3v) is 10.6. The van der Waals surface area contributed by atoms with E-state index in [1.807, 2.05) is 0 Å². The van der Waals surface area contributed by atoms with Crippen molar-refractivity contribution < 1.29 is 28.6 Å². The number of hydrogen-bond donors (Lipinski definition) is 0. The van der Waals surface area contributed by atoms with Crippen LogP contribution in [0.3, 0.4) is 0 Å². The van der Waals surface area contributed by atoms with Crippen LogP contribution in [0.2, 0.25) is 0 Å². The molecule has 0 aliphatic heterocycles. The first kappa shape index (κ1) is 58.6. The molecule has 0 heterocycles. The third kappa shape index (κ3) is 47.6. The number of carbonyl (C=O) groups is 3. The molecule has 0 aliphatic carbocycles. The largest absolute Gasteiger partial charge is 0.462 e. The lowest BCUT2D eigenvalue weighted by Crippen LogP contribution is -2.30. The predicted molar refractivity (Wildman–Crippen MR) is 265 cm³/mol. The molecule has 0 aromatic heterocycles. The fourth-order valence-electron chi connectivity index (χ4n) is 6.79. The van der Waals surface area contributed by atoms with Crippen molar-refractivity contribution in [3.8, 4) is 0 Å². The second kappa shape index (κ2) is 50.2. The van der Waals surface area contributed by atoms with E-state index in [1.165, 1.54) is 70.6 Å². The zero-order valence-corrected chi connectivity index (χ0v) is 40.4. The second-order valence-corrected chi connectivity index (χ2v) is 16.7. The molecule has 62 heavy (non-hydrogen) atoms. The number of unbranched alkanes of at least 4 members (excludes halogenated alkanes) is 20. The Balaban J connectivity index is 4.42. The fourth-order valence-corrected chi connectivity index (χ4v) is 6.79. The highest BCUT2D eigenvalue weighted by Crippen LogP contribution is 2.13. The van der Waals surface area contributed by atoms with Gasteiger partial charge in [0, 0.05) is 19.3 Å². The first-order valence-electron chi connectivity index (χ1n) is 25.6. The Bertz CT molecular complexity index is 1220. The van der Waals surface area contributed by atoms with Crippen LogP contribution < -0.4 is 0 Å². The summed E-state index contributed by atoms with van der Waals surface area (Å²) in [4.78, 5) is 37.9. The maximum absolute atomic E-state index is 12.8. The molecular weight excluding hydrogens is 769 g/mol. The molecule has 0 aromatic carbocycles. The van der Waals surface area contributed by atoms with E-state index in [1.54, 1.807) is 0 Å². The zero-order valence-electron chi connectivity index (χ0n) is 40.4. The van der Waals surface area contributed by atoms with Crippen molar-refractivity contribution in [3.05, 3.63) is 85.1 Å². The van der Waals surface area contributed by atoms with Crippen LogP contribution in [0.5, 0.6) is 0 Å². The molecule has 0 radical (unpaired) electrons. The summed E-state index contributed by atoms with van der Waals surface area (Å²) in [6, 6.07) is 0. The van der Waals surface area contributed by atoms with Crippen molar-refractivity contribution >= 4 is 17.9 Å². The highest BCUT2D eigenvalue weighted by molar-refractivity contribution is 5.71. The van der Waals surface area contributed by atoms with Gasteiger partial charge >= 0.3 is 17.9 Å². The second-order valence-electron chi connectivity index (χ2n) is 16.7. The van der Waals surface area contributed by atoms with E-state index in [0.29, 0.717) is 19.3 Å². The summed E-state index contributed by atoms with van der Waals surface area (Å²) in [5.74, 6) is -0.944. The minimum absolute atomic E-state index is 0.0925. The summed E-state index contributed by atoms with van der Waals surface area (Å²) < 4.78 is 16.7. The van der Waals surface area contributed by atoms with E-state index in [9.17, 15) is 14.4 Å². The number of rotatable bonds is 45. The van der Waals surface area contributed by atoms with Gasteiger partial charge in [-0.05, 0) is 96.3 Å². The Morgan fingerprint density at radius 1 is 0.339 bits per heavy atom. The van der Waals surface area contributed by atoms with Crippen LogP contribution >= 0.6 is 0 Å². The van der Waals surface area contributed by atoms with Crippen LogP contribution in [-0.2, 0) is 28.6 Å². The summed E-state index contributed by atoms with van der Waals surface area (Å²) in [6.07, 6.45) is 64.2. The Hall–Kier alpha value is -3.41. The number of ether oxygens (including phenoxy) is 3. The maximum atomic E-state index is 12.8. The number of esters is 3. The van der Waals surface area contributed by atoms with E-state index in [-0.39, 0.29) is 31.1 Å². The number of allylic oxidation sites excluding steroid dienone is 14. The Labute approximate surface area is 382 Å². The summed E-state index contributed by atoms with van der Waals surface area (Å²) >= 11 is 0. The summed E-state index contributed by atoms with van der Waals surface area (Å²) in [6.45, 7) is 6.44. The summed E-state index contributed by atoms with van der Waals surface area (Å²) in [7, 11) is 0. The highest BCUT2D eigenvalue weighted by atomic mass is 16.6. The quantitative estimate of drug-likeness (QED) is 0.0263. The molecule has 6 nitrogen and oxygen atoms in total. The average Bonchev–Trinajstić information content (AvgIpc) is 3.27. The lowest BCUT2D eigenvalue weighted by Gasteiger charge is -2.18. The predicted octanol–water partition coefficient (Wildman–Crippen LogP) is 16.8. The lowest BCUT2D eigenvalue weighted by molar-refractivity contribution is -0.167. The van der Waals surface area contributed by atoms with Gasteiger partial charge in [0.25, 0.3) is 0 Å². The first-order valence-corrected chi connectivity index (χ1v) is 25.6. The van der Waals surface area contributed by atoms with Gasteiger partial charge in [0.05, 0.1) is 0 Å². The Morgan fingerprint density at radius 2 is 0.629 bits per heavy atom. The number of carbonyl (C=O) groups excluding carboxylic acids is 3. The molecule has 0 N–H and O–H groups in total. The molecule has 0 aromatic rings. The van der Waals surface area contributed by atoms with Crippen molar-refractivity contribution in [1.82, 2.24) is 0 Å². The highest BCUT2D eigenvalue weighted by Gasteiger charge is 2.19.